The van der Waals surface area contributed by atoms with E-state index in [9.17, 15) is 18.0 Å². The van der Waals surface area contributed by atoms with Gasteiger partial charge in [-0.25, -0.2) is 18.2 Å². The zero-order chi connectivity index (χ0) is 19.6. The van der Waals surface area contributed by atoms with E-state index in [-0.39, 0.29) is 30.1 Å². The van der Waals surface area contributed by atoms with E-state index in [1.807, 2.05) is 12.3 Å². The largest absolute Gasteiger partial charge is 0.462 e. The maximum atomic E-state index is 12.4. The van der Waals surface area contributed by atoms with Crippen molar-refractivity contribution in [3.63, 3.8) is 0 Å². The van der Waals surface area contributed by atoms with Gasteiger partial charge in [-0.2, -0.15) is 0 Å². The number of thiazole rings is 1. The van der Waals surface area contributed by atoms with Crippen LogP contribution in [0, 0.1) is 6.92 Å². The lowest BCUT2D eigenvalue weighted by Crippen LogP contribution is -2.20. The maximum Gasteiger partial charge on any atom is 0.341 e. The number of hydrogen-bond donors (Lipinski definition) is 1. The molecule has 1 aliphatic rings. The van der Waals surface area contributed by atoms with Crippen molar-refractivity contribution < 1.29 is 22.7 Å². The molecule has 0 fully saturated rings. The van der Waals surface area contributed by atoms with Gasteiger partial charge in [0.25, 0.3) is 0 Å². The molecule has 10 heteroatoms. The SMILES string of the molecule is CCOC(=O)c1c(NC(=O)/C=C/c2csc(C)n2)sc2c1CCS(=O)(=O)C2. The summed E-state index contributed by atoms with van der Waals surface area (Å²) in [7, 11) is -3.19. The number of anilines is 1. The third kappa shape index (κ3) is 4.63. The molecule has 1 N–H and O–H groups in total. The van der Waals surface area contributed by atoms with Gasteiger partial charge in [0.2, 0.25) is 5.91 Å². The molecule has 0 aromatic carbocycles. The first kappa shape index (κ1) is 19.7. The Morgan fingerprint density at radius 3 is 2.85 bits per heavy atom. The number of ether oxygens (including phenoxy) is 1. The van der Waals surface area contributed by atoms with E-state index >= 15 is 0 Å². The van der Waals surface area contributed by atoms with Gasteiger partial charge < -0.3 is 10.1 Å². The molecule has 1 amide bonds. The van der Waals surface area contributed by atoms with Crippen LogP contribution in [0.3, 0.4) is 0 Å². The summed E-state index contributed by atoms with van der Waals surface area (Å²) in [6, 6.07) is 0. The number of aromatic nitrogens is 1. The molecule has 0 aliphatic carbocycles. The van der Waals surface area contributed by atoms with Gasteiger partial charge in [0.1, 0.15) is 5.00 Å². The van der Waals surface area contributed by atoms with E-state index in [2.05, 4.69) is 10.3 Å². The number of esters is 1. The molecule has 0 atom stereocenters. The van der Waals surface area contributed by atoms with Crippen LogP contribution >= 0.6 is 22.7 Å². The first-order chi connectivity index (χ1) is 12.8. The van der Waals surface area contributed by atoms with Gasteiger partial charge in [0.05, 0.1) is 34.4 Å². The van der Waals surface area contributed by atoms with Gasteiger partial charge >= 0.3 is 5.97 Å². The molecule has 0 spiro atoms. The molecule has 7 nitrogen and oxygen atoms in total. The highest BCUT2D eigenvalue weighted by molar-refractivity contribution is 7.90. The summed E-state index contributed by atoms with van der Waals surface area (Å²) in [6.45, 7) is 3.76. The molecule has 2 aromatic rings. The van der Waals surface area contributed by atoms with Gasteiger partial charge in [-0.1, -0.05) is 0 Å². The molecule has 3 rings (SSSR count). The van der Waals surface area contributed by atoms with Crippen molar-refractivity contribution in [1.29, 1.82) is 0 Å². The number of carbonyl (C=O) groups is 2. The zero-order valence-electron chi connectivity index (χ0n) is 14.8. The molecule has 1 aliphatic heterocycles. The predicted octanol–water partition coefficient (Wildman–Crippen LogP) is 2.81. The van der Waals surface area contributed by atoms with E-state index in [4.69, 9.17) is 4.74 Å². The second-order valence-corrected chi connectivity index (χ2v) is 10.2. The number of nitrogens with zero attached hydrogens (tertiary/aromatic N) is 1. The van der Waals surface area contributed by atoms with Crippen LogP contribution in [0.2, 0.25) is 0 Å². The lowest BCUT2D eigenvalue weighted by Gasteiger charge is -2.13. The zero-order valence-corrected chi connectivity index (χ0v) is 17.2. The minimum absolute atomic E-state index is 0.0143. The van der Waals surface area contributed by atoms with Crippen molar-refractivity contribution >= 4 is 55.5 Å². The molecular formula is C17H18N2O5S3. The van der Waals surface area contributed by atoms with Crippen LogP contribution in [0.15, 0.2) is 11.5 Å². The molecule has 3 heterocycles. The monoisotopic (exact) mass is 426 g/mol. The van der Waals surface area contributed by atoms with Crippen molar-refractivity contribution in [3.8, 4) is 0 Å². The molecular weight excluding hydrogens is 408 g/mol. The Morgan fingerprint density at radius 2 is 2.19 bits per heavy atom. The molecule has 0 radical (unpaired) electrons. The van der Waals surface area contributed by atoms with E-state index in [0.717, 1.165) is 16.3 Å². The third-order valence-corrected chi connectivity index (χ3v) is 7.54. The van der Waals surface area contributed by atoms with Crippen LogP contribution in [0.4, 0.5) is 5.00 Å². The fourth-order valence-corrected chi connectivity index (χ4v) is 6.32. The van der Waals surface area contributed by atoms with E-state index in [1.54, 1.807) is 13.0 Å². The number of sulfone groups is 1. The van der Waals surface area contributed by atoms with Crippen molar-refractivity contribution in [2.24, 2.45) is 0 Å². The van der Waals surface area contributed by atoms with E-state index < -0.39 is 21.7 Å². The summed E-state index contributed by atoms with van der Waals surface area (Å²) in [5.74, 6) is -1.11. The molecule has 2 aromatic heterocycles. The van der Waals surface area contributed by atoms with Crippen LogP contribution in [0.25, 0.3) is 6.08 Å². The van der Waals surface area contributed by atoms with Crippen LogP contribution in [0.1, 0.15) is 38.4 Å². The van der Waals surface area contributed by atoms with E-state index in [0.29, 0.717) is 21.1 Å². The quantitative estimate of drug-likeness (QED) is 0.583. The number of aryl methyl sites for hydroxylation is 1. The van der Waals surface area contributed by atoms with Crippen LogP contribution in [0.5, 0.6) is 0 Å². The van der Waals surface area contributed by atoms with Crippen molar-refractivity contribution in [2.75, 3.05) is 17.7 Å². The molecule has 0 saturated carbocycles. The number of amides is 1. The molecule has 27 heavy (non-hydrogen) atoms. The standard InChI is InChI=1S/C17H18N2O5S3/c1-3-24-17(21)15-12-6-7-27(22,23)9-13(12)26-16(15)19-14(20)5-4-11-8-25-10(2)18-11/h4-5,8H,3,6-7,9H2,1-2H3,(H,19,20)/b5-4+. The number of rotatable bonds is 5. The van der Waals surface area contributed by atoms with E-state index in [1.165, 1.54) is 17.4 Å². The Labute approximate surface area is 165 Å². The van der Waals surface area contributed by atoms with Crippen molar-refractivity contribution in [3.05, 3.63) is 38.2 Å². The second kappa shape index (κ2) is 7.91. The smallest absolute Gasteiger partial charge is 0.341 e. The van der Waals surface area contributed by atoms with Gasteiger partial charge in [-0.15, -0.1) is 22.7 Å². The van der Waals surface area contributed by atoms with Gasteiger partial charge in [0, 0.05) is 16.3 Å². The highest BCUT2D eigenvalue weighted by Crippen LogP contribution is 2.38. The Bertz CT molecular complexity index is 1020. The lowest BCUT2D eigenvalue weighted by molar-refractivity contribution is -0.111. The first-order valence-corrected chi connectivity index (χ1v) is 11.7. The summed E-state index contributed by atoms with van der Waals surface area (Å²) >= 11 is 2.59. The number of fused-ring (bicyclic) bond motifs is 1. The fraction of sp³-hybridized carbons (Fsp3) is 0.353. The fourth-order valence-electron chi connectivity index (χ4n) is 2.70. The third-order valence-electron chi connectivity index (χ3n) is 3.86. The number of nitrogens with one attached hydrogen (secondary N) is 1. The number of thiophene rings is 1. The molecule has 0 saturated heterocycles. The average Bonchev–Trinajstić information content (AvgIpc) is 3.14. The lowest BCUT2D eigenvalue weighted by atomic mass is 10.1. The van der Waals surface area contributed by atoms with Crippen LogP contribution in [-0.4, -0.2) is 37.6 Å². The van der Waals surface area contributed by atoms with Gasteiger partial charge in [-0.05, 0) is 31.9 Å². The Kier molecular flexibility index (Phi) is 5.78. The van der Waals surface area contributed by atoms with Gasteiger partial charge in [-0.3, -0.25) is 4.79 Å². The highest BCUT2D eigenvalue weighted by atomic mass is 32.2. The summed E-state index contributed by atoms with van der Waals surface area (Å²) < 4.78 is 28.9. The first-order valence-electron chi connectivity index (χ1n) is 8.22. The Balaban J connectivity index is 1.87. The topological polar surface area (TPSA) is 102 Å². The Hall–Kier alpha value is -2.04. The normalized spacial score (nSPS) is 15.5. The molecule has 144 valence electrons. The summed E-state index contributed by atoms with van der Waals surface area (Å²) in [6.07, 6.45) is 3.16. The Morgan fingerprint density at radius 1 is 1.41 bits per heavy atom. The van der Waals surface area contributed by atoms with Crippen molar-refractivity contribution in [1.82, 2.24) is 4.98 Å². The van der Waals surface area contributed by atoms with Crippen LogP contribution in [-0.2, 0) is 31.5 Å². The number of hydrogen-bond acceptors (Lipinski definition) is 8. The van der Waals surface area contributed by atoms with Gasteiger partial charge in [0.15, 0.2) is 9.84 Å². The summed E-state index contributed by atoms with van der Waals surface area (Å²) in [5.41, 5.74) is 1.59. The second-order valence-electron chi connectivity index (χ2n) is 5.88. The summed E-state index contributed by atoms with van der Waals surface area (Å²) in [5, 5.41) is 5.73. The minimum Gasteiger partial charge on any atom is -0.462 e. The predicted molar refractivity (Wildman–Crippen MR) is 106 cm³/mol. The van der Waals surface area contributed by atoms with Crippen molar-refractivity contribution in [2.45, 2.75) is 26.0 Å². The highest BCUT2D eigenvalue weighted by Gasteiger charge is 2.31. The molecule has 0 unspecified atom stereocenters. The minimum atomic E-state index is -3.19. The number of carbonyl (C=O) groups excluding carboxylic acids is 2. The van der Waals surface area contributed by atoms with Crippen LogP contribution < -0.4 is 5.32 Å². The summed E-state index contributed by atoms with van der Waals surface area (Å²) in [4.78, 5) is 29.5. The molecule has 0 bridgehead atoms. The maximum absolute atomic E-state index is 12.4. The average molecular weight is 427 g/mol.